The Morgan fingerprint density at radius 2 is 2.00 bits per heavy atom. The summed E-state index contributed by atoms with van der Waals surface area (Å²) in [5.41, 5.74) is 0.353. The van der Waals surface area contributed by atoms with Gasteiger partial charge in [0.1, 0.15) is 5.75 Å². The highest BCUT2D eigenvalue weighted by molar-refractivity contribution is 5.89. The number of carbonyl (C=O) groups excluding carboxylic acids is 1. The Bertz CT molecular complexity index is 659. The smallest absolute Gasteiger partial charge is 0.388 e. The first-order chi connectivity index (χ1) is 11.0. The molecular formula is C14H15F2N3O4. The van der Waals surface area contributed by atoms with Crippen molar-refractivity contribution in [2.45, 2.75) is 20.1 Å². The molecule has 0 spiro atoms. The minimum Gasteiger partial charge on any atom is -0.497 e. The van der Waals surface area contributed by atoms with Gasteiger partial charge in [-0.1, -0.05) is 17.3 Å². The van der Waals surface area contributed by atoms with Gasteiger partial charge in [-0.25, -0.2) is 9.48 Å². The van der Waals surface area contributed by atoms with E-state index >= 15 is 0 Å². The van der Waals surface area contributed by atoms with Crippen LogP contribution in [0.25, 0.3) is 0 Å². The second kappa shape index (κ2) is 7.52. The molecule has 7 nitrogen and oxygen atoms in total. The van der Waals surface area contributed by atoms with Crippen molar-refractivity contribution in [2.75, 3.05) is 13.7 Å². The summed E-state index contributed by atoms with van der Waals surface area (Å²) in [4.78, 5) is 11.7. The number of methoxy groups -OCH3 is 1. The summed E-state index contributed by atoms with van der Waals surface area (Å²) in [6.07, 6.45) is 0. The number of nitrogens with zero attached hydrogens (tertiary/aromatic N) is 3. The molecular weight excluding hydrogens is 312 g/mol. The SMILES string of the molecule is CCOC(=O)c1nnn(Cc2ccc(OC)cc2)c1OC(F)F. The lowest BCUT2D eigenvalue weighted by atomic mass is 10.2. The second-order valence-corrected chi connectivity index (χ2v) is 4.35. The van der Waals surface area contributed by atoms with Crippen molar-refractivity contribution in [3.63, 3.8) is 0 Å². The van der Waals surface area contributed by atoms with E-state index in [-0.39, 0.29) is 18.8 Å². The maximum Gasteiger partial charge on any atom is 0.388 e. The van der Waals surface area contributed by atoms with Crippen LogP contribution in [0.1, 0.15) is 23.0 Å². The van der Waals surface area contributed by atoms with E-state index in [1.165, 1.54) is 7.11 Å². The van der Waals surface area contributed by atoms with E-state index in [9.17, 15) is 13.6 Å². The third-order valence-corrected chi connectivity index (χ3v) is 2.85. The van der Waals surface area contributed by atoms with Crippen LogP contribution in [0, 0.1) is 0 Å². The van der Waals surface area contributed by atoms with Crippen molar-refractivity contribution in [3.8, 4) is 11.6 Å². The van der Waals surface area contributed by atoms with Gasteiger partial charge in [0.15, 0.2) is 0 Å². The number of halogens is 2. The number of ether oxygens (including phenoxy) is 3. The van der Waals surface area contributed by atoms with Gasteiger partial charge in [0.05, 0.1) is 20.3 Å². The van der Waals surface area contributed by atoms with Crippen LogP contribution in [0.3, 0.4) is 0 Å². The Kier molecular flexibility index (Phi) is 5.45. The maximum absolute atomic E-state index is 12.6. The largest absolute Gasteiger partial charge is 0.497 e. The van der Waals surface area contributed by atoms with Gasteiger partial charge in [-0.2, -0.15) is 8.78 Å². The molecule has 0 amide bonds. The summed E-state index contributed by atoms with van der Waals surface area (Å²) in [6, 6.07) is 6.89. The summed E-state index contributed by atoms with van der Waals surface area (Å²) in [5, 5.41) is 7.26. The average Bonchev–Trinajstić information content (AvgIpc) is 2.90. The predicted octanol–water partition coefficient (Wildman–Crippen LogP) is 2.11. The molecule has 0 saturated heterocycles. The molecule has 0 atom stereocenters. The molecule has 0 radical (unpaired) electrons. The van der Waals surface area contributed by atoms with Gasteiger partial charge in [0, 0.05) is 0 Å². The van der Waals surface area contributed by atoms with Crippen molar-refractivity contribution < 1.29 is 27.8 Å². The lowest BCUT2D eigenvalue weighted by molar-refractivity contribution is -0.0562. The van der Waals surface area contributed by atoms with E-state index in [4.69, 9.17) is 9.47 Å². The molecule has 0 aliphatic rings. The van der Waals surface area contributed by atoms with E-state index in [1.807, 2.05) is 0 Å². The molecule has 0 unspecified atom stereocenters. The zero-order valence-electron chi connectivity index (χ0n) is 12.5. The van der Waals surface area contributed by atoms with Crippen LogP contribution >= 0.6 is 0 Å². The quantitative estimate of drug-likeness (QED) is 0.725. The molecule has 0 aliphatic carbocycles. The molecule has 0 aliphatic heterocycles. The Balaban J connectivity index is 2.27. The molecule has 124 valence electrons. The lowest BCUT2D eigenvalue weighted by Gasteiger charge is -2.09. The number of carbonyl (C=O) groups is 1. The number of alkyl halides is 2. The molecule has 1 heterocycles. The normalized spacial score (nSPS) is 10.7. The topological polar surface area (TPSA) is 75.5 Å². The van der Waals surface area contributed by atoms with E-state index in [1.54, 1.807) is 31.2 Å². The van der Waals surface area contributed by atoms with E-state index in [0.29, 0.717) is 5.75 Å². The highest BCUT2D eigenvalue weighted by atomic mass is 19.3. The Labute approximate surface area is 130 Å². The number of hydrogen-bond acceptors (Lipinski definition) is 6. The molecule has 0 saturated carbocycles. The van der Waals surface area contributed by atoms with Crippen molar-refractivity contribution in [1.82, 2.24) is 15.0 Å². The lowest BCUT2D eigenvalue weighted by Crippen LogP contribution is -2.13. The molecule has 0 fully saturated rings. The summed E-state index contributed by atoms with van der Waals surface area (Å²) in [7, 11) is 1.53. The third kappa shape index (κ3) is 4.15. The zero-order chi connectivity index (χ0) is 16.8. The monoisotopic (exact) mass is 327 g/mol. The second-order valence-electron chi connectivity index (χ2n) is 4.35. The van der Waals surface area contributed by atoms with Gasteiger partial charge in [-0.15, -0.1) is 5.10 Å². The van der Waals surface area contributed by atoms with Crippen LogP contribution in [-0.4, -0.2) is 41.3 Å². The third-order valence-electron chi connectivity index (χ3n) is 2.85. The first-order valence-electron chi connectivity index (χ1n) is 6.73. The minimum absolute atomic E-state index is 0.0816. The van der Waals surface area contributed by atoms with Crippen molar-refractivity contribution in [3.05, 3.63) is 35.5 Å². The molecule has 0 bridgehead atoms. The van der Waals surface area contributed by atoms with Crippen molar-refractivity contribution >= 4 is 5.97 Å². The number of rotatable bonds is 7. The Morgan fingerprint density at radius 1 is 1.30 bits per heavy atom. The fraction of sp³-hybridized carbons (Fsp3) is 0.357. The van der Waals surface area contributed by atoms with Crippen LogP contribution in [0.15, 0.2) is 24.3 Å². The molecule has 1 aromatic carbocycles. The van der Waals surface area contributed by atoms with Gasteiger partial charge in [0.2, 0.25) is 5.69 Å². The number of hydrogen-bond donors (Lipinski definition) is 0. The van der Waals surface area contributed by atoms with Gasteiger partial charge >= 0.3 is 12.6 Å². The van der Waals surface area contributed by atoms with Gasteiger partial charge in [0.25, 0.3) is 5.88 Å². The minimum atomic E-state index is -3.11. The van der Waals surface area contributed by atoms with Gasteiger partial charge in [-0.3, -0.25) is 0 Å². The van der Waals surface area contributed by atoms with E-state index in [0.717, 1.165) is 10.2 Å². The van der Waals surface area contributed by atoms with Crippen LogP contribution in [-0.2, 0) is 11.3 Å². The zero-order valence-corrected chi connectivity index (χ0v) is 12.5. The summed E-state index contributed by atoms with van der Waals surface area (Å²) in [6.45, 7) is -1.35. The summed E-state index contributed by atoms with van der Waals surface area (Å²) >= 11 is 0. The molecule has 0 N–H and O–H groups in total. The number of esters is 1. The highest BCUT2D eigenvalue weighted by Crippen LogP contribution is 2.21. The summed E-state index contributed by atoms with van der Waals surface area (Å²) in [5.74, 6) is -0.651. The van der Waals surface area contributed by atoms with E-state index < -0.39 is 18.5 Å². The van der Waals surface area contributed by atoms with Crippen LogP contribution in [0.2, 0.25) is 0 Å². The van der Waals surface area contributed by atoms with Crippen LogP contribution in [0.5, 0.6) is 11.6 Å². The molecule has 1 aromatic heterocycles. The van der Waals surface area contributed by atoms with E-state index in [2.05, 4.69) is 15.0 Å². The molecule has 9 heteroatoms. The average molecular weight is 327 g/mol. The van der Waals surface area contributed by atoms with Crippen LogP contribution < -0.4 is 9.47 Å². The molecule has 2 rings (SSSR count). The summed E-state index contributed by atoms with van der Waals surface area (Å²) < 4.78 is 40.4. The predicted molar refractivity (Wildman–Crippen MR) is 74.7 cm³/mol. The standard InChI is InChI=1S/C14H15F2N3O4/c1-3-22-13(20)11-12(23-14(15)16)19(18-17-11)8-9-4-6-10(21-2)7-5-9/h4-7,14H,3,8H2,1-2H3. The fourth-order valence-corrected chi connectivity index (χ4v) is 1.84. The van der Waals surface area contributed by atoms with Crippen molar-refractivity contribution in [1.29, 1.82) is 0 Å². The molecule has 2 aromatic rings. The van der Waals surface area contributed by atoms with Crippen molar-refractivity contribution in [2.24, 2.45) is 0 Å². The highest BCUT2D eigenvalue weighted by Gasteiger charge is 2.25. The Morgan fingerprint density at radius 3 is 2.57 bits per heavy atom. The number of aromatic nitrogens is 3. The number of benzene rings is 1. The Hall–Kier alpha value is -2.71. The first-order valence-corrected chi connectivity index (χ1v) is 6.73. The fourth-order valence-electron chi connectivity index (χ4n) is 1.84. The molecule has 23 heavy (non-hydrogen) atoms. The maximum atomic E-state index is 12.6. The van der Waals surface area contributed by atoms with Crippen LogP contribution in [0.4, 0.5) is 8.78 Å². The first kappa shape index (κ1) is 16.7. The van der Waals surface area contributed by atoms with Gasteiger partial charge < -0.3 is 14.2 Å². The van der Waals surface area contributed by atoms with Gasteiger partial charge in [-0.05, 0) is 24.6 Å².